The summed E-state index contributed by atoms with van der Waals surface area (Å²) in [5, 5.41) is 11.2. The molecule has 0 bridgehead atoms. The van der Waals surface area contributed by atoms with Gasteiger partial charge in [0.2, 0.25) is 0 Å². The molecule has 2 rings (SSSR count). The molecule has 34 heavy (non-hydrogen) atoms. The van der Waals surface area contributed by atoms with Gasteiger partial charge in [0.15, 0.2) is 5.78 Å². The fraction of sp³-hybridized carbons (Fsp3) is 0.667. The van der Waals surface area contributed by atoms with Crippen molar-refractivity contribution in [1.29, 1.82) is 0 Å². The van der Waals surface area contributed by atoms with E-state index in [2.05, 4.69) is 18.7 Å². The predicted octanol–water partition coefficient (Wildman–Crippen LogP) is 3.97. The molecular formula is C27H41NO6. The Balaban J connectivity index is 2.55. The highest BCUT2D eigenvalue weighted by molar-refractivity contribution is 6.02. The maximum absolute atomic E-state index is 13.3. The zero-order chi connectivity index (χ0) is 25.6. The number of carbonyl (C=O) groups is 3. The third kappa shape index (κ3) is 6.59. The molecule has 1 aliphatic carbocycles. The van der Waals surface area contributed by atoms with E-state index in [1.807, 2.05) is 52.0 Å². The molecule has 190 valence electrons. The van der Waals surface area contributed by atoms with Crippen molar-refractivity contribution < 1.29 is 29.0 Å². The van der Waals surface area contributed by atoms with Crippen molar-refractivity contribution in [2.75, 3.05) is 31.2 Å². The highest BCUT2D eigenvalue weighted by Gasteiger charge is 2.57. The molecule has 7 nitrogen and oxygen atoms in total. The Labute approximate surface area is 203 Å². The monoisotopic (exact) mass is 475 g/mol. The summed E-state index contributed by atoms with van der Waals surface area (Å²) in [4.78, 5) is 41.7. The number of anilines is 1. The largest absolute Gasteiger partial charge is 0.465 e. The van der Waals surface area contributed by atoms with Gasteiger partial charge in [0.05, 0.1) is 24.7 Å². The molecule has 0 unspecified atom stereocenters. The summed E-state index contributed by atoms with van der Waals surface area (Å²) in [5.41, 5.74) is -0.0231. The van der Waals surface area contributed by atoms with Crippen molar-refractivity contribution in [3.63, 3.8) is 0 Å². The van der Waals surface area contributed by atoms with Crippen LogP contribution in [0.15, 0.2) is 24.3 Å². The van der Waals surface area contributed by atoms with Crippen LogP contribution in [0.3, 0.4) is 0 Å². The van der Waals surface area contributed by atoms with E-state index in [-0.39, 0.29) is 31.5 Å². The summed E-state index contributed by atoms with van der Waals surface area (Å²) in [6, 6.07) is 7.50. The molecule has 0 spiro atoms. The van der Waals surface area contributed by atoms with E-state index < -0.39 is 41.1 Å². The van der Waals surface area contributed by atoms with E-state index in [1.165, 1.54) is 6.92 Å². The van der Waals surface area contributed by atoms with E-state index in [0.717, 1.165) is 18.8 Å². The van der Waals surface area contributed by atoms with Gasteiger partial charge in [-0.1, -0.05) is 39.8 Å². The Hall–Kier alpha value is -2.41. The summed E-state index contributed by atoms with van der Waals surface area (Å²) in [6.07, 6.45) is -0.316. The standard InChI is InChI=1S/C27H41NO6/c1-8-28(9-2)20-12-10-19(11-13-20)22-23(25(30)33-15-17(3)4)21(29)14-27(7,32)24(22)26(31)34-16-18(5)6/h10-13,17-18,22-24,32H,8-9,14-16H2,1-7H3/t22-,23-,24+,27+/m1/s1. The number of hydrogen-bond donors (Lipinski definition) is 1. The number of Topliss-reactive ketones (excluding diaryl/α,β-unsaturated/α-hetero) is 1. The zero-order valence-corrected chi connectivity index (χ0v) is 21.7. The predicted molar refractivity (Wildman–Crippen MR) is 132 cm³/mol. The smallest absolute Gasteiger partial charge is 0.317 e. The van der Waals surface area contributed by atoms with Gasteiger partial charge in [-0.05, 0) is 50.3 Å². The normalized spacial score (nSPS) is 24.9. The van der Waals surface area contributed by atoms with Crippen molar-refractivity contribution in [3.8, 4) is 0 Å². The van der Waals surface area contributed by atoms with Gasteiger partial charge in [-0.25, -0.2) is 0 Å². The van der Waals surface area contributed by atoms with Gasteiger partial charge in [-0.2, -0.15) is 0 Å². The minimum Gasteiger partial charge on any atom is -0.465 e. The molecule has 1 saturated carbocycles. The number of nitrogens with zero attached hydrogens (tertiary/aromatic N) is 1. The summed E-state index contributed by atoms with van der Waals surface area (Å²) in [5.74, 6) is -4.64. The second-order valence-corrected chi connectivity index (χ2v) is 10.3. The quantitative estimate of drug-likeness (QED) is 0.404. The zero-order valence-electron chi connectivity index (χ0n) is 21.7. The molecule has 0 radical (unpaired) electrons. The van der Waals surface area contributed by atoms with E-state index in [0.29, 0.717) is 5.56 Å². The Bertz CT molecular complexity index is 841. The Morgan fingerprint density at radius 3 is 1.97 bits per heavy atom. The summed E-state index contributed by atoms with van der Waals surface area (Å²) in [7, 11) is 0. The Morgan fingerprint density at radius 1 is 1.00 bits per heavy atom. The number of aliphatic hydroxyl groups is 1. The average molecular weight is 476 g/mol. The number of ether oxygens (including phenoxy) is 2. The van der Waals surface area contributed by atoms with Crippen molar-refractivity contribution in [3.05, 3.63) is 29.8 Å². The lowest BCUT2D eigenvalue weighted by Crippen LogP contribution is -2.55. The van der Waals surface area contributed by atoms with Crippen molar-refractivity contribution in [2.45, 2.75) is 66.4 Å². The fourth-order valence-corrected chi connectivity index (χ4v) is 4.59. The number of benzene rings is 1. The highest BCUT2D eigenvalue weighted by Crippen LogP contribution is 2.47. The number of ketones is 1. The van der Waals surface area contributed by atoms with Crippen LogP contribution in [-0.2, 0) is 23.9 Å². The van der Waals surface area contributed by atoms with Gasteiger partial charge in [-0.15, -0.1) is 0 Å². The van der Waals surface area contributed by atoms with Crippen molar-refractivity contribution in [2.24, 2.45) is 23.7 Å². The van der Waals surface area contributed by atoms with Crippen LogP contribution >= 0.6 is 0 Å². The molecule has 0 aromatic heterocycles. The molecular weight excluding hydrogens is 434 g/mol. The first kappa shape index (κ1) is 27.8. The van der Waals surface area contributed by atoms with Crippen LogP contribution < -0.4 is 4.90 Å². The van der Waals surface area contributed by atoms with Crippen molar-refractivity contribution >= 4 is 23.4 Å². The second-order valence-electron chi connectivity index (χ2n) is 10.3. The minimum absolute atomic E-state index is 0.101. The fourth-order valence-electron chi connectivity index (χ4n) is 4.59. The third-order valence-corrected chi connectivity index (χ3v) is 6.30. The first-order valence-electron chi connectivity index (χ1n) is 12.4. The third-order valence-electron chi connectivity index (χ3n) is 6.30. The van der Waals surface area contributed by atoms with Crippen LogP contribution in [0.2, 0.25) is 0 Å². The highest BCUT2D eigenvalue weighted by atomic mass is 16.5. The molecule has 0 amide bonds. The first-order chi connectivity index (χ1) is 15.9. The molecule has 1 aromatic carbocycles. The molecule has 0 heterocycles. The van der Waals surface area contributed by atoms with Gasteiger partial charge in [-0.3, -0.25) is 14.4 Å². The molecule has 7 heteroatoms. The van der Waals surface area contributed by atoms with E-state index in [4.69, 9.17) is 9.47 Å². The summed E-state index contributed by atoms with van der Waals surface area (Å²) >= 11 is 0. The average Bonchev–Trinajstić information content (AvgIpc) is 2.76. The van der Waals surface area contributed by atoms with Crippen LogP contribution in [0.1, 0.15) is 66.4 Å². The molecule has 0 aliphatic heterocycles. The van der Waals surface area contributed by atoms with Gasteiger partial charge in [0, 0.05) is 31.1 Å². The number of carbonyl (C=O) groups excluding carboxylic acids is 3. The van der Waals surface area contributed by atoms with Crippen LogP contribution in [0.5, 0.6) is 0 Å². The molecule has 1 aliphatic rings. The Morgan fingerprint density at radius 2 is 1.50 bits per heavy atom. The van der Waals surface area contributed by atoms with Gasteiger partial charge in [0.25, 0.3) is 0 Å². The number of esters is 2. The molecule has 1 aromatic rings. The van der Waals surface area contributed by atoms with Gasteiger partial charge in [0.1, 0.15) is 5.92 Å². The SMILES string of the molecule is CCN(CC)c1ccc([C@@H]2[C@H](C(=O)OCC(C)C)C(=O)C[C@](C)(O)[C@@H]2C(=O)OCC(C)C)cc1. The first-order valence-corrected chi connectivity index (χ1v) is 12.4. The summed E-state index contributed by atoms with van der Waals surface area (Å²) in [6.45, 7) is 15.3. The van der Waals surface area contributed by atoms with Crippen LogP contribution in [0.4, 0.5) is 5.69 Å². The lowest BCUT2D eigenvalue weighted by Gasteiger charge is -2.43. The van der Waals surface area contributed by atoms with E-state index in [1.54, 1.807) is 0 Å². The molecule has 1 fully saturated rings. The maximum atomic E-state index is 13.3. The van der Waals surface area contributed by atoms with Gasteiger partial charge < -0.3 is 19.5 Å². The lowest BCUT2D eigenvalue weighted by molar-refractivity contribution is -0.173. The van der Waals surface area contributed by atoms with Crippen molar-refractivity contribution in [1.82, 2.24) is 0 Å². The molecule has 1 N–H and O–H groups in total. The lowest BCUT2D eigenvalue weighted by atomic mass is 9.61. The topological polar surface area (TPSA) is 93.1 Å². The number of hydrogen-bond acceptors (Lipinski definition) is 7. The van der Waals surface area contributed by atoms with Crippen LogP contribution in [0, 0.1) is 23.7 Å². The van der Waals surface area contributed by atoms with Crippen LogP contribution in [0.25, 0.3) is 0 Å². The van der Waals surface area contributed by atoms with Crippen LogP contribution in [-0.4, -0.2) is 54.7 Å². The van der Waals surface area contributed by atoms with E-state index >= 15 is 0 Å². The summed E-state index contributed by atoms with van der Waals surface area (Å²) < 4.78 is 11.0. The van der Waals surface area contributed by atoms with E-state index in [9.17, 15) is 19.5 Å². The molecule has 0 saturated heterocycles. The minimum atomic E-state index is -1.65. The Kier molecular flexibility index (Phi) is 9.68. The number of rotatable bonds is 10. The molecule has 4 atom stereocenters. The maximum Gasteiger partial charge on any atom is 0.317 e. The second kappa shape index (κ2) is 11.8. The van der Waals surface area contributed by atoms with Gasteiger partial charge >= 0.3 is 11.9 Å².